The van der Waals surface area contributed by atoms with Gasteiger partial charge in [-0.2, -0.15) is 0 Å². The van der Waals surface area contributed by atoms with E-state index in [0.29, 0.717) is 12.3 Å². The van der Waals surface area contributed by atoms with E-state index in [1.165, 1.54) is 23.3 Å². The zero-order chi connectivity index (χ0) is 27.2. The number of amides is 2. The number of benzene rings is 3. The molecule has 0 saturated heterocycles. The summed E-state index contributed by atoms with van der Waals surface area (Å²) >= 11 is 0. The number of nitrogens with zero attached hydrogens (tertiary/aromatic N) is 2. The average molecular weight is 529 g/mol. The molecule has 1 aliphatic rings. The van der Waals surface area contributed by atoms with E-state index in [9.17, 15) is 9.18 Å². The Morgan fingerprint density at radius 3 is 2.62 bits per heavy atom. The number of pyridine rings is 1. The molecule has 0 fully saturated rings. The second-order valence-corrected chi connectivity index (χ2v) is 9.65. The number of ether oxygens (including phenoxy) is 2. The first-order chi connectivity index (χ1) is 19.1. The maximum atomic E-state index is 13.6. The van der Waals surface area contributed by atoms with Crippen LogP contribution in [0.3, 0.4) is 0 Å². The molecule has 0 aliphatic carbocycles. The van der Waals surface area contributed by atoms with E-state index in [1.807, 2.05) is 36.4 Å². The Hall–Kier alpha value is -4.17. The van der Waals surface area contributed by atoms with Crippen LogP contribution in [0.25, 0.3) is 10.9 Å². The molecular formula is C31H33FN4O3. The van der Waals surface area contributed by atoms with Crippen molar-refractivity contribution in [3.63, 3.8) is 0 Å². The third-order valence-electron chi connectivity index (χ3n) is 7.26. The topological polar surface area (TPSA) is 75.7 Å². The smallest absolute Gasteiger partial charge is 0.319 e. The molecule has 2 N–H and O–H groups in total. The second-order valence-electron chi connectivity index (χ2n) is 9.65. The molecule has 1 aliphatic heterocycles. The van der Waals surface area contributed by atoms with Gasteiger partial charge in [0, 0.05) is 37.3 Å². The number of aromatic nitrogens is 1. The molecule has 1 atom stereocenters. The summed E-state index contributed by atoms with van der Waals surface area (Å²) in [5.74, 6) is 1.18. The number of carbonyl (C=O) groups excluding carboxylic acids is 1. The molecule has 0 radical (unpaired) electrons. The van der Waals surface area contributed by atoms with Crippen LogP contribution in [0.4, 0.5) is 14.9 Å². The summed E-state index contributed by atoms with van der Waals surface area (Å²) in [5, 5.41) is 6.83. The Kier molecular flexibility index (Phi) is 8.22. The Morgan fingerprint density at radius 1 is 1.05 bits per heavy atom. The van der Waals surface area contributed by atoms with Crippen LogP contribution in [0, 0.1) is 5.82 Å². The monoisotopic (exact) mass is 528 g/mol. The fraction of sp³-hybridized carbons (Fsp3) is 0.290. The lowest BCUT2D eigenvalue weighted by Gasteiger charge is -2.38. The van der Waals surface area contributed by atoms with E-state index in [-0.39, 0.29) is 17.9 Å². The quantitative estimate of drug-likeness (QED) is 0.271. The molecule has 3 aromatic carbocycles. The van der Waals surface area contributed by atoms with Gasteiger partial charge in [0.15, 0.2) is 11.5 Å². The van der Waals surface area contributed by atoms with Crippen LogP contribution in [0.5, 0.6) is 11.5 Å². The van der Waals surface area contributed by atoms with Crippen molar-refractivity contribution in [3.8, 4) is 11.5 Å². The highest BCUT2D eigenvalue weighted by Crippen LogP contribution is 2.39. The zero-order valence-electron chi connectivity index (χ0n) is 22.2. The van der Waals surface area contributed by atoms with Crippen LogP contribution in [-0.4, -0.2) is 49.8 Å². The van der Waals surface area contributed by atoms with Crippen LogP contribution in [0.1, 0.15) is 29.2 Å². The molecule has 1 unspecified atom stereocenters. The number of rotatable bonds is 9. The van der Waals surface area contributed by atoms with Crippen molar-refractivity contribution < 1.29 is 18.7 Å². The van der Waals surface area contributed by atoms with Crippen LogP contribution in [0.2, 0.25) is 0 Å². The Bertz CT molecular complexity index is 1440. The summed E-state index contributed by atoms with van der Waals surface area (Å²) in [5.41, 5.74) is 5.06. The Balaban J connectivity index is 1.25. The van der Waals surface area contributed by atoms with Crippen molar-refractivity contribution in [2.24, 2.45) is 0 Å². The lowest BCUT2D eigenvalue weighted by molar-refractivity contribution is 0.180. The van der Waals surface area contributed by atoms with E-state index < -0.39 is 0 Å². The molecule has 2 amide bonds. The lowest BCUT2D eigenvalue weighted by atomic mass is 9.88. The maximum Gasteiger partial charge on any atom is 0.319 e. The summed E-state index contributed by atoms with van der Waals surface area (Å²) in [6.07, 6.45) is 4.11. The molecule has 8 heteroatoms. The zero-order valence-corrected chi connectivity index (χ0v) is 22.2. The lowest BCUT2D eigenvalue weighted by Crippen LogP contribution is -2.39. The van der Waals surface area contributed by atoms with E-state index in [4.69, 9.17) is 9.47 Å². The minimum Gasteiger partial charge on any atom is -0.493 e. The first-order valence-corrected chi connectivity index (χ1v) is 13.2. The summed E-state index contributed by atoms with van der Waals surface area (Å²) < 4.78 is 24.7. The highest BCUT2D eigenvalue weighted by atomic mass is 19.1. The van der Waals surface area contributed by atoms with E-state index in [2.05, 4.69) is 32.7 Å². The van der Waals surface area contributed by atoms with E-state index in [0.717, 1.165) is 60.3 Å². The van der Waals surface area contributed by atoms with Crippen molar-refractivity contribution in [1.82, 2.24) is 15.2 Å². The van der Waals surface area contributed by atoms with Gasteiger partial charge in [-0.3, -0.25) is 9.88 Å². The van der Waals surface area contributed by atoms with Crippen molar-refractivity contribution >= 4 is 22.6 Å². The van der Waals surface area contributed by atoms with Gasteiger partial charge in [0.05, 0.1) is 25.4 Å². The largest absolute Gasteiger partial charge is 0.493 e. The van der Waals surface area contributed by atoms with Gasteiger partial charge in [-0.25, -0.2) is 9.18 Å². The van der Waals surface area contributed by atoms with E-state index in [1.54, 1.807) is 26.5 Å². The standard InChI is InChI=1S/C31H33FN4O3/c1-38-29-19-22-13-17-36(28(25(22)20-30(29)39-2)18-21-8-10-23(32)11-9-21)16-5-14-34-31(37)35-27-12-15-33-26-7-4-3-6-24(26)27/h3-4,6-12,15,19-20,28H,5,13-14,16-18H2,1-2H3,(H2,33,34,35,37). The van der Waals surface area contributed by atoms with Crippen molar-refractivity contribution in [1.29, 1.82) is 0 Å². The number of hydrogen-bond donors (Lipinski definition) is 2. The van der Waals surface area contributed by atoms with Gasteiger partial charge in [-0.1, -0.05) is 30.3 Å². The molecular weight excluding hydrogens is 495 g/mol. The first-order valence-electron chi connectivity index (χ1n) is 13.2. The maximum absolute atomic E-state index is 13.6. The number of halogens is 1. The van der Waals surface area contributed by atoms with E-state index >= 15 is 0 Å². The number of fused-ring (bicyclic) bond motifs is 2. The minimum atomic E-state index is -0.241. The van der Waals surface area contributed by atoms with Crippen LogP contribution < -0.4 is 20.1 Å². The fourth-order valence-electron chi connectivity index (χ4n) is 5.29. The van der Waals surface area contributed by atoms with Gasteiger partial charge in [-0.05, 0) is 72.4 Å². The minimum absolute atomic E-state index is 0.0935. The number of hydrogen-bond acceptors (Lipinski definition) is 5. The van der Waals surface area contributed by atoms with Crippen LogP contribution >= 0.6 is 0 Å². The number of carbonyl (C=O) groups is 1. The normalized spacial score (nSPS) is 15.0. The van der Waals surface area contributed by atoms with Gasteiger partial charge < -0.3 is 20.1 Å². The van der Waals surface area contributed by atoms with Gasteiger partial charge >= 0.3 is 6.03 Å². The van der Waals surface area contributed by atoms with Crippen molar-refractivity contribution in [3.05, 3.63) is 95.4 Å². The third-order valence-corrected chi connectivity index (χ3v) is 7.26. The molecule has 39 heavy (non-hydrogen) atoms. The van der Waals surface area contributed by atoms with Gasteiger partial charge in [0.1, 0.15) is 5.82 Å². The van der Waals surface area contributed by atoms with Crippen LogP contribution in [-0.2, 0) is 12.8 Å². The van der Waals surface area contributed by atoms with Crippen LogP contribution in [0.15, 0.2) is 72.9 Å². The summed E-state index contributed by atoms with van der Waals surface area (Å²) in [6, 6.07) is 20.2. The van der Waals surface area contributed by atoms with Crippen molar-refractivity contribution in [2.75, 3.05) is 39.2 Å². The molecule has 202 valence electrons. The summed E-state index contributed by atoms with van der Waals surface area (Å²) in [7, 11) is 3.29. The number of anilines is 1. The van der Waals surface area contributed by atoms with Gasteiger partial charge in [0.25, 0.3) is 0 Å². The fourth-order valence-corrected chi connectivity index (χ4v) is 5.29. The highest BCUT2D eigenvalue weighted by Gasteiger charge is 2.29. The molecule has 4 aromatic rings. The SMILES string of the molecule is COc1cc2c(cc1OC)C(Cc1ccc(F)cc1)N(CCCNC(=O)Nc1ccnc3ccccc13)CC2. The molecule has 0 saturated carbocycles. The number of methoxy groups -OCH3 is 2. The Morgan fingerprint density at radius 2 is 1.82 bits per heavy atom. The average Bonchev–Trinajstić information content (AvgIpc) is 2.96. The molecule has 0 spiro atoms. The first kappa shape index (κ1) is 26.4. The van der Waals surface area contributed by atoms with Gasteiger partial charge in [-0.15, -0.1) is 0 Å². The predicted molar refractivity (Wildman–Crippen MR) is 151 cm³/mol. The van der Waals surface area contributed by atoms with Crippen molar-refractivity contribution in [2.45, 2.75) is 25.3 Å². The second kappa shape index (κ2) is 12.1. The number of para-hydroxylation sites is 1. The molecule has 5 rings (SSSR count). The molecule has 7 nitrogen and oxygen atoms in total. The summed E-state index contributed by atoms with van der Waals surface area (Å²) in [4.78, 5) is 19.4. The van der Waals surface area contributed by atoms with Gasteiger partial charge in [0.2, 0.25) is 0 Å². The molecule has 1 aromatic heterocycles. The Labute approximate surface area is 228 Å². The molecule has 2 heterocycles. The number of nitrogens with one attached hydrogen (secondary N) is 2. The summed E-state index contributed by atoms with van der Waals surface area (Å²) in [6.45, 7) is 2.22. The third kappa shape index (κ3) is 6.12. The molecule has 0 bridgehead atoms. The highest BCUT2D eigenvalue weighted by molar-refractivity contribution is 6.00. The predicted octanol–water partition coefficient (Wildman–Crippen LogP) is 5.74. The number of urea groups is 1.